The first-order valence-electron chi connectivity index (χ1n) is 3.70. The van der Waals surface area contributed by atoms with E-state index in [4.69, 9.17) is 5.11 Å². The first-order chi connectivity index (χ1) is 6.24. The van der Waals surface area contributed by atoms with E-state index in [2.05, 4.69) is 15.9 Å². The lowest BCUT2D eigenvalue weighted by Gasteiger charge is -1.96. The van der Waals surface area contributed by atoms with Crippen molar-refractivity contribution >= 4 is 37.4 Å². The van der Waals surface area contributed by atoms with Gasteiger partial charge in [0.2, 0.25) is 0 Å². The van der Waals surface area contributed by atoms with Crippen LogP contribution in [0, 0.1) is 5.82 Å². The number of hydrogen-bond acceptors (Lipinski definition) is 2. The summed E-state index contributed by atoms with van der Waals surface area (Å²) in [6.07, 6.45) is 0. The van der Waals surface area contributed by atoms with Gasteiger partial charge in [-0.2, -0.15) is 0 Å². The minimum atomic E-state index is -0.240. The second kappa shape index (κ2) is 3.36. The largest absolute Gasteiger partial charge is 0.392 e. The number of thiophene rings is 1. The maximum absolute atomic E-state index is 13.4. The van der Waals surface area contributed by atoms with E-state index in [9.17, 15) is 4.39 Å². The summed E-state index contributed by atoms with van der Waals surface area (Å²) < 4.78 is 14.7. The molecule has 0 unspecified atom stereocenters. The molecule has 0 radical (unpaired) electrons. The van der Waals surface area contributed by atoms with Crippen molar-refractivity contribution in [1.29, 1.82) is 0 Å². The molecule has 0 atom stereocenters. The monoisotopic (exact) mass is 260 g/mol. The molecular weight excluding hydrogens is 255 g/mol. The average molecular weight is 261 g/mol. The first kappa shape index (κ1) is 9.12. The minimum Gasteiger partial charge on any atom is -0.392 e. The SMILES string of the molecule is OCc1cccc2c(F)c(Br)sc12. The van der Waals surface area contributed by atoms with Crippen LogP contribution in [0.1, 0.15) is 5.56 Å². The summed E-state index contributed by atoms with van der Waals surface area (Å²) in [7, 11) is 0. The van der Waals surface area contributed by atoms with Gasteiger partial charge in [0.15, 0.2) is 5.82 Å². The van der Waals surface area contributed by atoms with E-state index in [1.54, 1.807) is 18.2 Å². The smallest absolute Gasteiger partial charge is 0.156 e. The van der Waals surface area contributed by atoms with Crippen molar-refractivity contribution in [3.05, 3.63) is 33.4 Å². The van der Waals surface area contributed by atoms with E-state index in [1.807, 2.05) is 0 Å². The molecule has 0 aliphatic rings. The lowest BCUT2D eigenvalue weighted by Crippen LogP contribution is -1.81. The van der Waals surface area contributed by atoms with Crippen LogP contribution >= 0.6 is 27.3 Å². The minimum absolute atomic E-state index is 0.0519. The highest BCUT2D eigenvalue weighted by molar-refractivity contribution is 9.11. The molecule has 1 nitrogen and oxygen atoms in total. The maximum Gasteiger partial charge on any atom is 0.156 e. The molecule has 0 bridgehead atoms. The fraction of sp³-hybridized carbons (Fsp3) is 0.111. The number of aliphatic hydroxyl groups is 1. The van der Waals surface area contributed by atoms with Crippen LogP contribution in [0.15, 0.2) is 22.0 Å². The van der Waals surface area contributed by atoms with E-state index >= 15 is 0 Å². The molecular formula is C9H6BrFOS. The van der Waals surface area contributed by atoms with Gasteiger partial charge in [-0.15, -0.1) is 11.3 Å². The fourth-order valence-electron chi connectivity index (χ4n) is 1.24. The zero-order valence-electron chi connectivity index (χ0n) is 6.55. The molecule has 0 aliphatic heterocycles. The molecule has 2 rings (SSSR count). The molecule has 1 aromatic heterocycles. The number of rotatable bonds is 1. The summed E-state index contributed by atoms with van der Waals surface area (Å²) >= 11 is 4.45. The van der Waals surface area contributed by atoms with E-state index in [-0.39, 0.29) is 12.4 Å². The van der Waals surface area contributed by atoms with E-state index < -0.39 is 0 Å². The molecule has 1 heterocycles. The van der Waals surface area contributed by atoms with Gasteiger partial charge in [0.1, 0.15) is 3.79 Å². The van der Waals surface area contributed by atoms with Crippen molar-refractivity contribution in [2.75, 3.05) is 0 Å². The molecule has 0 amide bonds. The van der Waals surface area contributed by atoms with Gasteiger partial charge in [-0.1, -0.05) is 18.2 Å². The summed E-state index contributed by atoms with van der Waals surface area (Å²) in [5, 5.41) is 9.58. The standard InChI is InChI=1S/C9H6BrFOS/c10-9-7(11)6-3-1-2-5(4-12)8(6)13-9/h1-3,12H,4H2. The van der Waals surface area contributed by atoms with Gasteiger partial charge >= 0.3 is 0 Å². The van der Waals surface area contributed by atoms with Crippen LogP contribution in [-0.4, -0.2) is 5.11 Å². The third kappa shape index (κ3) is 1.39. The molecule has 1 aromatic carbocycles. The lowest BCUT2D eigenvalue weighted by atomic mass is 10.2. The Labute approximate surface area is 86.9 Å². The molecule has 4 heteroatoms. The normalized spacial score (nSPS) is 11.0. The summed E-state index contributed by atoms with van der Waals surface area (Å²) in [5.41, 5.74) is 0.770. The summed E-state index contributed by atoms with van der Waals surface area (Å²) in [6, 6.07) is 5.26. The van der Waals surface area contributed by atoms with Crippen LogP contribution in [0.25, 0.3) is 10.1 Å². The number of halogens is 2. The Morgan fingerprint density at radius 2 is 2.23 bits per heavy atom. The summed E-state index contributed by atoms with van der Waals surface area (Å²) in [5.74, 6) is -0.240. The van der Waals surface area contributed by atoms with Crippen molar-refractivity contribution in [1.82, 2.24) is 0 Å². The van der Waals surface area contributed by atoms with E-state index in [0.29, 0.717) is 9.17 Å². The van der Waals surface area contributed by atoms with Crippen LogP contribution in [0.4, 0.5) is 4.39 Å². The molecule has 2 aromatic rings. The Morgan fingerprint density at radius 1 is 1.46 bits per heavy atom. The zero-order chi connectivity index (χ0) is 9.42. The van der Waals surface area contributed by atoms with Gasteiger partial charge in [0.25, 0.3) is 0 Å². The lowest BCUT2D eigenvalue weighted by molar-refractivity contribution is 0.283. The van der Waals surface area contributed by atoms with Gasteiger partial charge in [-0.05, 0) is 21.5 Å². The second-order valence-corrected chi connectivity index (χ2v) is 4.98. The molecule has 0 aliphatic carbocycles. The topological polar surface area (TPSA) is 20.2 Å². The molecule has 0 spiro atoms. The molecule has 68 valence electrons. The quantitative estimate of drug-likeness (QED) is 0.835. The first-order valence-corrected chi connectivity index (χ1v) is 5.31. The van der Waals surface area contributed by atoms with Gasteiger partial charge in [0, 0.05) is 10.1 Å². The Morgan fingerprint density at radius 3 is 2.92 bits per heavy atom. The van der Waals surface area contributed by atoms with Crippen molar-refractivity contribution < 1.29 is 9.50 Å². The summed E-state index contributed by atoms with van der Waals surface area (Å²) in [4.78, 5) is 0. The number of aliphatic hydroxyl groups excluding tert-OH is 1. The Kier molecular flexibility index (Phi) is 2.36. The average Bonchev–Trinajstić information content (AvgIpc) is 2.43. The van der Waals surface area contributed by atoms with Crippen molar-refractivity contribution in [3.8, 4) is 0 Å². The third-order valence-corrected chi connectivity index (χ3v) is 3.75. The van der Waals surface area contributed by atoms with Crippen molar-refractivity contribution in [2.24, 2.45) is 0 Å². The Hall–Kier alpha value is -0.450. The molecule has 0 saturated heterocycles. The highest BCUT2D eigenvalue weighted by Gasteiger charge is 2.11. The zero-order valence-corrected chi connectivity index (χ0v) is 8.95. The van der Waals surface area contributed by atoms with Crippen molar-refractivity contribution in [3.63, 3.8) is 0 Å². The Balaban J connectivity index is 2.84. The highest BCUT2D eigenvalue weighted by Crippen LogP contribution is 2.35. The Bertz CT molecular complexity index is 452. The van der Waals surface area contributed by atoms with Crippen LogP contribution < -0.4 is 0 Å². The maximum atomic E-state index is 13.4. The van der Waals surface area contributed by atoms with E-state index in [1.165, 1.54) is 11.3 Å². The van der Waals surface area contributed by atoms with Crippen LogP contribution in [-0.2, 0) is 6.61 Å². The van der Waals surface area contributed by atoms with Crippen LogP contribution in [0.5, 0.6) is 0 Å². The van der Waals surface area contributed by atoms with Gasteiger partial charge in [0.05, 0.1) is 6.61 Å². The number of hydrogen-bond donors (Lipinski definition) is 1. The number of benzene rings is 1. The van der Waals surface area contributed by atoms with Gasteiger partial charge in [-0.25, -0.2) is 4.39 Å². The molecule has 13 heavy (non-hydrogen) atoms. The van der Waals surface area contributed by atoms with Crippen LogP contribution in [0.3, 0.4) is 0 Å². The highest BCUT2D eigenvalue weighted by atomic mass is 79.9. The summed E-state index contributed by atoms with van der Waals surface area (Å²) in [6.45, 7) is -0.0519. The molecule has 0 saturated carbocycles. The predicted molar refractivity (Wildman–Crippen MR) is 55.4 cm³/mol. The second-order valence-electron chi connectivity index (χ2n) is 2.64. The number of fused-ring (bicyclic) bond motifs is 1. The van der Waals surface area contributed by atoms with Crippen LogP contribution in [0.2, 0.25) is 0 Å². The van der Waals surface area contributed by atoms with Gasteiger partial charge in [-0.3, -0.25) is 0 Å². The van der Waals surface area contributed by atoms with Gasteiger partial charge < -0.3 is 5.11 Å². The third-order valence-electron chi connectivity index (χ3n) is 1.87. The van der Waals surface area contributed by atoms with E-state index in [0.717, 1.165) is 10.3 Å². The molecule has 1 N–H and O–H groups in total. The van der Waals surface area contributed by atoms with Crippen molar-refractivity contribution in [2.45, 2.75) is 6.61 Å². The predicted octanol–water partition coefficient (Wildman–Crippen LogP) is 3.30. The molecule has 0 fully saturated rings. The fourth-order valence-corrected chi connectivity index (χ4v) is 2.85.